The maximum Gasteiger partial charge on any atom is 0.338 e. The fraction of sp³-hybridized carbons (Fsp3) is 0.263. The Morgan fingerprint density at radius 1 is 1.00 bits per heavy atom. The van der Waals surface area contributed by atoms with Crippen LogP contribution in [0.15, 0.2) is 47.4 Å². The van der Waals surface area contributed by atoms with Gasteiger partial charge in [-0.15, -0.1) is 0 Å². The largest absolute Gasteiger partial charge is 0.493 e. The van der Waals surface area contributed by atoms with Crippen LogP contribution in [0.1, 0.15) is 17.3 Å². The van der Waals surface area contributed by atoms with Gasteiger partial charge in [-0.05, 0) is 43.3 Å². The molecule has 9 heteroatoms. The fourth-order valence-electron chi connectivity index (χ4n) is 2.21. The number of carbonyl (C=O) groups is 2. The molecule has 0 bridgehead atoms. The molecule has 0 saturated heterocycles. The Balaban J connectivity index is 1.97. The van der Waals surface area contributed by atoms with Crippen LogP contribution in [0.3, 0.4) is 0 Å². The molecule has 1 N–H and O–H groups in total. The molecule has 2 rings (SSSR count). The summed E-state index contributed by atoms with van der Waals surface area (Å²) in [6.45, 7) is 1.43. The number of thioether (sulfide) groups is 1. The average molecular weight is 411 g/mol. The van der Waals surface area contributed by atoms with Crippen LogP contribution < -0.4 is 14.8 Å². The summed E-state index contributed by atoms with van der Waals surface area (Å²) >= 11 is 0.376. The molecule has 0 aliphatic heterocycles. The molecule has 0 aliphatic rings. The van der Waals surface area contributed by atoms with E-state index in [-0.39, 0.29) is 5.56 Å². The number of rotatable bonds is 8. The van der Waals surface area contributed by atoms with Crippen molar-refractivity contribution in [3.63, 3.8) is 0 Å². The number of benzene rings is 2. The molecule has 0 fully saturated rings. The molecule has 0 aromatic heterocycles. The van der Waals surface area contributed by atoms with E-state index in [1.807, 2.05) is 0 Å². The molecule has 2 aromatic rings. The number of ether oxygens (including phenoxy) is 3. The number of amides is 1. The molecule has 6 nitrogen and oxygen atoms in total. The molecule has 1 atom stereocenters. The normalized spacial score (nSPS) is 11.6. The van der Waals surface area contributed by atoms with Gasteiger partial charge in [-0.1, -0.05) is 11.8 Å². The van der Waals surface area contributed by atoms with Gasteiger partial charge in [0.15, 0.2) is 17.6 Å². The van der Waals surface area contributed by atoms with Crippen molar-refractivity contribution in [2.45, 2.75) is 23.7 Å². The van der Waals surface area contributed by atoms with E-state index >= 15 is 0 Å². The molecule has 0 heterocycles. The minimum atomic E-state index is -2.54. The number of carbonyl (C=O) groups excluding carboxylic acids is 2. The standard InChI is InChI=1S/C19H19F2NO5S/c1-11(17(23)22-13-6-9-15(25-2)16(10-13)26-3)27-18(24)12-4-7-14(8-5-12)28-19(20)21/h4-11,19H,1-3H3,(H,22,23). The zero-order valence-electron chi connectivity index (χ0n) is 15.4. The molecule has 0 aliphatic carbocycles. The van der Waals surface area contributed by atoms with Crippen LogP contribution in [0.5, 0.6) is 11.5 Å². The van der Waals surface area contributed by atoms with Crippen molar-refractivity contribution in [2.75, 3.05) is 19.5 Å². The molecule has 28 heavy (non-hydrogen) atoms. The maximum absolute atomic E-state index is 12.3. The maximum atomic E-state index is 12.3. The average Bonchev–Trinajstić information content (AvgIpc) is 2.67. The Kier molecular flexibility index (Phi) is 7.62. The summed E-state index contributed by atoms with van der Waals surface area (Å²) in [6, 6.07) is 10.3. The van der Waals surface area contributed by atoms with Gasteiger partial charge in [0.05, 0.1) is 19.8 Å². The Morgan fingerprint density at radius 3 is 2.21 bits per heavy atom. The summed E-state index contributed by atoms with van der Waals surface area (Å²) in [5.74, 6) is -2.87. The van der Waals surface area contributed by atoms with E-state index in [1.54, 1.807) is 18.2 Å². The Bertz CT molecular complexity index is 830. The van der Waals surface area contributed by atoms with Crippen LogP contribution in [0.25, 0.3) is 0 Å². The summed E-state index contributed by atoms with van der Waals surface area (Å²) < 4.78 is 40.1. The molecule has 0 saturated carbocycles. The topological polar surface area (TPSA) is 73.9 Å². The molecule has 0 radical (unpaired) electrons. The van der Waals surface area contributed by atoms with E-state index in [9.17, 15) is 18.4 Å². The van der Waals surface area contributed by atoms with Crippen LogP contribution in [0, 0.1) is 0 Å². The number of hydrogen-bond donors (Lipinski definition) is 1. The highest BCUT2D eigenvalue weighted by atomic mass is 32.2. The Hall–Kier alpha value is -2.81. The van der Waals surface area contributed by atoms with Crippen LogP contribution in [0.4, 0.5) is 14.5 Å². The SMILES string of the molecule is COc1ccc(NC(=O)C(C)OC(=O)c2ccc(SC(F)F)cc2)cc1OC. The lowest BCUT2D eigenvalue weighted by molar-refractivity contribution is -0.123. The van der Waals surface area contributed by atoms with Gasteiger partial charge >= 0.3 is 5.97 Å². The van der Waals surface area contributed by atoms with Gasteiger partial charge in [-0.2, -0.15) is 8.78 Å². The van der Waals surface area contributed by atoms with Crippen molar-refractivity contribution in [3.8, 4) is 11.5 Å². The number of esters is 1. The predicted octanol–water partition coefficient (Wildman–Crippen LogP) is 4.20. The number of alkyl halides is 2. The van der Waals surface area contributed by atoms with Gasteiger partial charge in [0.1, 0.15) is 0 Å². The van der Waals surface area contributed by atoms with Gasteiger partial charge in [0, 0.05) is 16.6 Å². The monoisotopic (exact) mass is 411 g/mol. The molecule has 0 spiro atoms. The summed E-state index contributed by atoms with van der Waals surface area (Å²) in [5.41, 5.74) is 0.600. The Labute approximate surface area is 165 Å². The lowest BCUT2D eigenvalue weighted by Gasteiger charge is -2.15. The second kappa shape index (κ2) is 9.93. The first-order chi connectivity index (χ1) is 13.3. The number of halogens is 2. The Morgan fingerprint density at radius 2 is 1.64 bits per heavy atom. The minimum absolute atomic E-state index is 0.157. The third-order valence-electron chi connectivity index (χ3n) is 3.62. The number of nitrogens with one attached hydrogen (secondary N) is 1. The van der Waals surface area contributed by atoms with Crippen molar-refractivity contribution in [2.24, 2.45) is 0 Å². The molecule has 1 amide bonds. The van der Waals surface area contributed by atoms with E-state index in [4.69, 9.17) is 14.2 Å². The first kappa shape index (κ1) is 21.5. The number of hydrogen-bond acceptors (Lipinski definition) is 6. The van der Waals surface area contributed by atoms with Crippen molar-refractivity contribution in [1.82, 2.24) is 0 Å². The lowest BCUT2D eigenvalue weighted by Crippen LogP contribution is -2.30. The van der Waals surface area contributed by atoms with E-state index in [0.717, 1.165) is 0 Å². The van der Waals surface area contributed by atoms with Crippen molar-refractivity contribution >= 4 is 29.3 Å². The summed E-state index contributed by atoms with van der Waals surface area (Å²) in [4.78, 5) is 24.7. The summed E-state index contributed by atoms with van der Waals surface area (Å²) in [7, 11) is 2.97. The second-order valence-electron chi connectivity index (χ2n) is 5.51. The van der Waals surface area contributed by atoms with Crippen LogP contribution in [0.2, 0.25) is 0 Å². The molecule has 150 valence electrons. The van der Waals surface area contributed by atoms with E-state index in [1.165, 1.54) is 45.4 Å². The summed E-state index contributed by atoms with van der Waals surface area (Å²) in [6.07, 6.45) is -1.07. The van der Waals surface area contributed by atoms with Gasteiger partial charge in [0.2, 0.25) is 0 Å². The molecular formula is C19H19F2NO5S. The highest BCUT2D eigenvalue weighted by molar-refractivity contribution is 7.99. The minimum Gasteiger partial charge on any atom is -0.493 e. The first-order valence-electron chi connectivity index (χ1n) is 8.12. The molecule has 2 aromatic carbocycles. The first-order valence-corrected chi connectivity index (χ1v) is 9.00. The van der Waals surface area contributed by atoms with E-state index in [2.05, 4.69) is 5.32 Å². The number of methoxy groups -OCH3 is 2. The summed E-state index contributed by atoms with van der Waals surface area (Å²) in [5, 5.41) is 2.62. The van der Waals surface area contributed by atoms with E-state index < -0.39 is 23.7 Å². The number of anilines is 1. The third-order valence-corrected chi connectivity index (χ3v) is 4.34. The predicted molar refractivity (Wildman–Crippen MR) is 101 cm³/mol. The lowest BCUT2D eigenvalue weighted by atomic mass is 10.2. The quantitative estimate of drug-likeness (QED) is 0.518. The smallest absolute Gasteiger partial charge is 0.338 e. The second-order valence-corrected chi connectivity index (χ2v) is 6.57. The van der Waals surface area contributed by atoms with Crippen molar-refractivity contribution in [1.29, 1.82) is 0 Å². The van der Waals surface area contributed by atoms with Gasteiger partial charge in [-0.3, -0.25) is 4.79 Å². The third kappa shape index (κ3) is 5.85. The highest BCUT2D eigenvalue weighted by Gasteiger charge is 2.20. The van der Waals surface area contributed by atoms with Gasteiger partial charge < -0.3 is 19.5 Å². The molecular weight excluding hydrogens is 392 g/mol. The zero-order valence-corrected chi connectivity index (χ0v) is 16.2. The van der Waals surface area contributed by atoms with Crippen LogP contribution in [-0.2, 0) is 9.53 Å². The van der Waals surface area contributed by atoms with Crippen LogP contribution >= 0.6 is 11.8 Å². The highest BCUT2D eigenvalue weighted by Crippen LogP contribution is 2.30. The molecule has 1 unspecified atom stereocenters. The fourth-order valence-corrected chi connectivity index (χ4v) is 2.71. The zero-order chi connectivity index (χ0) is 20.7. The van der Waals surface area contributed by atoms with Crippen LogP contribution in [-0.4, -0.2) is 38.0 Å². The van der Waals surface area contributed by atoms with E-state index in [0.29, 0.717) is 33.8 Å². The van der Waals surface area contributed by atoms with Gasteiger partial charge in [-0.25, -0.2) is 4.79 Å². The van der Waals surface area contributed by atoms with Crippen molar-refractivity contribution < 1.29 is 32.6 Å². The van der Waals surface area contributed by atoms with Gasteiger partial charge in [0.25, 0.3) is 11.7 Å². The van der Waals surface area contributed by atoms with Crippen molar-refractivity contribution in [3.05, 3.63) is 48.0 Å².